The molecule has 2 aromatic rings. The molecule has 2 N–H and O–H groups in total. The number of nitrogens with zero attached hydrogens (tertiary/aromatic N) is 1. The molecule has 0 aliphatic rings. The average Bonchev–Trinajstić information content (AvgIpc) is 2.44. The van der Waals surface area contributed by atoms with Crippen LogP contribution in [-0.2, 0) is 4.74 Å². The minimum atomic E-state index is -0.592. The van der Waals surface area contributed by atoms with Crippen molar-refractivity contribution < 1.29 is 18.7 Å². The smallest absolute Gasteiger partial charge is 0.356 e. The molecule has 1 aromatic heterocycles. The van der Waals surface area contributed by atoms with Crippen LogP contribution in [0.4, 0.5) is 10.1 Å². The van der Waals surface area contributed by atoms with E-state index >= 15 is 0 Å². The van der Waals surface area contributed by atoms with Crippen LogP contribution in [0.1, 0.15) is 10.5 Å². The summed E-state index contributed by atoms with van der Waals surface area (Å²) in [5.74, 6) is -0.650. The number of pyridine rings is 1. The number of nitrogens with two attached hydrogens (primary N) is 1. The maximum absolute atomic E-state index is 13.5. The Morgan fingerprint density at radius 1 is 1.40 bits per heavy atom. The Balaban J connectivity index is 2.31. The molecule has 0 saturated carbocycles. The molecule has 104 valence electrons. The number of rotatable bonds is 3. The van der Waals surface area contributed by atoms with Crippen molar-refractivity contribution >= 4 is 27.6 Å². The number of anilines is 1. The first-order chi connectivity index (χ1) is 9.51. The van der Waals surface area contributed by atoms with Gasteiger partial charge in [-0.3, -0.25) is 0 Å². The predicted molar refractivity (Wildman–Crippen MR) is 74.2 cm³/mol. The minimum absolute atomic E-state index is 0.0844. The molecule has 0 saturated heterocycles. The molecule has 0 amide bonds. The Bertz CT molecular complexity index is 664. The van der Waals surface area contributed by atoms with Crippen molar-refractivity contribution in [2.45, 2.75) is 0 Å². The molecule has 2 rings (SSSR count). The van der Waals surface area contributed by atoms with Crippen LogP contribution in [0.25, 0.3) is 0 Å². The summed E-state index contributed by atoms with van der Waals surface area (Å²) in [4.78, 5) is 15.2. The average molecular weight is 341 g/mol. The van der Waals surface area contributed by atoms with Crippen LogP contribution in [0.3, 0.4) is 0 Å². The van der Waals surface area contributed by atoms with Crippen LogP contribution in [0, 0.1) is 5.82 Å². The Labute approximate surface area is 122 Å². The van der Waals surface area contributed by atoms with Crippen molar-refractivity contribution in [3.63, 3.8) is 0 Å². The highest BCUT2D eigenvalue weighted by atomic mass is 79.9. The first-order valence-electron chi connectivity index (χ1n) is 5.48. The van der Waals surface area contributed by atoms with Gasteiger partial charge in [0.1, 0.15) is 11.6 Å². The van der Waals surface area contributed by atoms with Gasteiger partial charge < -0.3 is 15.2 Å². The van der Waals surface area contributed by atoms with E-state index < -0.39 is 11.8 Å². The molecule has 1 heterocycles. The van der Waals surface area contributed by atoms with Gasteiger partial charge in [-0.25, -0.2) is 14.2 Å². The molecule has 0 aliphatic carbocycles. The molecule has 7 heteroatoms. The third kappa shape index (κ3) is 3.05. The zero-order chi connectivity index (χ0) is 14.7. The van der Waals surface area contributed by atoms with Gasteiger partial charge in [0.25, 0.3) is 0 Å². The van der Waals surface area contributed by atoms with Gasteiger partial charge in [0.05, 0.1) is 17.3 Å². The van der Waals surface area contributed by atoms with Crippen LogP contribution in [0.2, 0.25) is 0 Å². The summed E-state index contributed by atoms with van der Waals surface area (Å²) in [5.41, 5.74) is 6.08. The number of halogens is 2. The Kier molecular flexibility index (Phi) is 4.19. The maximum atomic E-state index is 13.5. The van der Waals surface area contributed by atoms with E-state index in [1.54, 1.807) is 0 Å². The number of methoxy groups -OCH3 is 1. The summed E-state index contributed by atoms with van der Waals surface area (Å²) >= 11 is 3.02. The second-order valence-corrected chi connectivity index (χ2v) is 4.63. The van der Waals surface area contributed by atoms with E-state index in [2.05, 4.69) is 25.7 Å². The third-order valence-electron chi connectivity index (χ3n) is 2.41. The Morgan fingerprint density at radius 3 is 2.85 bits per heavy atom. The fourth-order valence-electron chi connectivity index (χ4n) is 1.45. The fourth-order valence-corrected chi connectivity index (χ4v) is 1.81. The highest BCUT2D eigenvalue weighted by Crippen LogP contribution is 2.32. The zero-order valence-corrected chi connectivity index (χ0v) is 12.0. The lowest BCUT2D eigenvalue weighted by molar-refractivity contribution is 0.0593. The van der Waals surface area contributed by atoms with Crippen LogP contribution in [0.15, 0.2) is 34.9 Å². The van der Waals surface area contributed by atoms with Gasteiger partial charge >= 0.3 is 5.97 Å². The number of aromatic nitrogens is 1. The van der Waals surface area contributed by atoms with Gasteiger partial charge in [-0.1, -0.05) is 0 Å². The largest absolute Gasteiger partial charge is 0.464 e. The van der Waals surface area contributed by atoms with Gasteiger partial charge in [0.15, 0.2) is 11.4 Å². The predicted octanol–water partition coefficient (Wildman–Crippen LogP) is 3.14. The van der Waals surface area contributed by atoms with E-state index in [1.165, 1.54) is 31.5 Å². The SMILES string of the molecule is COC(=O)c1cc(Oc2cc(F)c(Br)cc2N)ccn1. The summed E-state index contributed by atoms with van der Waals surface area (Å²) in [6, 6.07) is 5.45. The second kappa shape index (κ2) is 5.87. The zero-order valence-electron chi connectivity index (χ0n) is 10.4. The topological polar surface area (TPSA) is 74.4 Å². The number of carbonyl (C=O) groups is 1. The number of hydrogen-bond donors (Lipinski definition) is 1. The van der Waals surface area contributed by atoms with Gasteiger partial charge in [-0.05, 0) is 28.1 Å². The van der Waals surface area contributed by atoms with Gasteiger partial charge in [0.2, 0.25) is 0 Å². The number of ether oxygens (including phenoxy) is 2. The molecule has 1 aromatic carbocycles. The summed E-state index contributed by atoms with van der Waals surface area (Å²) in [7, 11) is 1.25. The van der Waals surface area contributed by atoms with Crippen molar-refractivity contribution in [3.8, 4) is 11.5 Å². The molecule has 0 atom stereocenters. The van der Waals surface area contributed by atoms with Crippen molar-refractivity contribution in [2.75, 3.05) is 12.8 Å². The highest BCUT2D eigenvalue weighted by Gasteiger charge is 2.11. The number of hydrogen-bond acceptors (Lipinski definition) is 5. The molecule has 0 aliphatic heterocycles. The van der Waals surface area contributed by atoms with Crippen molar-refractivity contribution in [1.29, 1.82) is 0 Å². The normalized spacial score (nSPS) is 10.2. The number of carbonyl (C=O) groups excluding carboxylic acids is 1. The summed E-state index contributed by atoms with van der Waals surface area (Å²) in [6.07, 6.45) is 1.38. The molecule has 20 heavy (non-hydrogen) atoms. The van der Waals surface area contributed by atoms with Crippen LogP contribution in [0.5, 0.6) is 11.5 Å². The van der Waals surface area contributed by atoms with E-state index in [-0.39, 0.29) is 21.6 Å². The molecule has 0 radical (unpaired) electrons. The molecule has 5 nitrogen and oxygen atoms in total. The molecule has 0 fully saturated rings. The quantitative estimate of drug-likeness (QED) is 0.686. The lowest BCUT2D eigenvalue weighted by Gasteiger charge is -2.10. The van der Waals surface area contributed by atoms with E-state index in [9.17, 15) is 9.18 Å². The standard InChI is InChI=1S/C13H10BrFN2O3/c1-19-13(18)11-4-7(2-3-17-11)20-12-6-9(15)8(14)5-10(12)16/h2-6H,16H2,1H3. The van der Waals surface area contributed by atoms with Gasteiger partial charge in [0, 0.05) is 18.3 Å². The molecule has 0 unspecified atom stereocenters. The van der Waals surface area contributed by atoms with E-state index in [4.69, 9.17) is 10.5 Å². The van der Waals surface area contributed by atoms with Gasteiger partial charge in [-0.2, -0.15) is 0 Å². The monoisotopic (exact) mass is 340 g/mol. The first-order valence-corrected chi connectivity index (χ1v) is 6.27. The second-order valence-electron chi connectivity index (χ2n) is 3.77. The first kappa shape index (κ1) is 14.3. The van der Waals surface area contributed by atoms with Crippen LogP contribution < -0.4 is 10.5 Å². The minimum Gasteiger partial charge on any atom is -0.464 e. The molecule has 0 bridgehead atoms. The van der Waals surface area contributed by atoms with E-state index in [1.807, 2.05) is 0 Å². The van der Waals surface area contributed by atoms with Crippen molar-refractivity contribution in [2.24, 2.45) is 0 Å². The van der Waals surface area contributed by atoms with Crippen LogP contribution >= 0.6 is 15.9 Å². The molecular weight excluding hydrogens is 331 g/mol. The highest BCUT2D eigenvalue weighted by molar-refractivity contribution is 9.10. The number of benzene rings is 1. The number of nitrogen functional groups attached to an aromatic ring is 1. The van der Waals surface area contributed by atoms with E-state index in [0.717, 1.165) is 6.07 Å². The number of esters is 1. The summed E-state index contributed by atoms with van der Waals surface area (Å²) < 4.78 is 23.7. The van der Waals surface area contributed by atoms with Gasteiger partial charge in [-0.15, -0.1) is 0 Å². The molecular formula is C13H10BrFN2O3. The summed E-state index contributed by atoms with van der Waals surface area (Å²) in [6.45, 7) is 0. The lowest BCUT2D eigenvalue weighted by atomic mass is 10.3. The van der Waals surface area contributed by atoms with E-state index in [0.29, 0.717) is 5.75 Å². The Hall–Kier alpha value is -2.15. The van der Waals surface area contributed by atoms with Crippen molar-refractivity contribution in [3.05, 3.63) is 46.4 Å². The van der Waals surface area contributed by atoms with Crippen molar-refractivity contribution in [1.82, 2.24) is 4.98 Å². The van der Waals surface area contributed by atoms with Crippen LogP contribution in [-0.4, -0.2) is 18.1 Å². The molecule has 0 spiro atoms. The fraction of sp³-hybridized carbons (Fsp3) is 0.0769. The summed E-state index contributed by atoms with van der Waals surface area (Å²) in [5, 5.41) is 0. The third-order valence-corrected chi connectivity index (χ3v) is 3.01. The maximum Gasteiger partial charge on any atom is 0.356 e. The lowest BCUT2D eigenvalue weighted by Crippen LogP contribution is -2.04. The Morgan fingerprint density at radius 2 is 2.15 bits per heavy atom.